The van der Waals surface area contributed by atoms with Gasteiger partial charge in [0.1, 0.15) is 5.82 Å². The summed E-state index contributed by atoms with van der Waals surface area (Å²) in [6.07, 6.45) is 0.524. The molecule has 0 bridgehead atoms. The molecule has 2 N–H and O–H groups in total. The molecule has 132 valence electrons. The lowest BCUT2D eigenvalue weighted by atomic mass is 10.3. The Bertz CT molecular complexity index is 862. The lowest BCUT2D eigenvalue weighted by Gasteiger charge is -2.13. The summed E-state index contributed by atoms with van der Waals surface area (Å²) in [6, 6.07) is 0. The van der Waals surface area contributed by atoms with Gasteiger partial charge in [0.25, 0.3) is 5.22 Å². The Morgan fingerprint density at radius 1 is 1.24 bits per heavy atom. The summed E-state index contributed by atoms with van der Waals surface area (Å²) in [5.74, 6) is 1.80. The van der Waals surface area contributed by atoms with Gasteiger partial charge in [-0.25, -0.2) is 4.98 Å². The number of anilines is 2. The SMILES string of the molecule is Cc1nc(Cc2nnc(SC(C)c3nc(N)nc(N(C)C)n3)o2)cs1. The molecule has 1 atom stereocenters. The van der Waals surface area contributed by atoms with Crippen molar-refractivity contribution in [1.29, 1.82) is 0 Å². The number of nitrogens with two attached hydrogens (primary N) is 1. The van der Waals surface area contributed by atoms with Gasteiger partial charge in [0.05, 0.1) is 22.4 Å². The van der Waals surface area contributed by atoms with E-state index in [1.807, 2.05) is 33.3 Å². The Morgan fingerprint density at radius 2 is 2.04 bits per heavy atom. The largest absolute Gasteiger partial charge is 0.416 e. The van der Waals surface area contributed by atoms with Crippen molar-refractivity contribution < 1.29 is 4.42 Å². The number of rotatable bonds is 6. The van der Waals surface area contributed by atoms with Crippen molar-refractivity contribution in [3.8, 4) is 0 Å². The van der Waals surface area contributed by atoms with E-state index in [4.69, 9.17) is 10.2 Å². The quantitative estimate of drug-likeness (QED) is 0.638. The molecule has 0 saturated heterocycles. The Hall–Kier alpha value is -2.27. The van der Waals surface area contributed by atoms with Crippen molar-refractivity contribution in [1.82, 2.24) is 30.1 Å². The van der Waals surface area contributed by atoms with Crippen LogP contribution in [-0.2, 0) is 6.42 Å². The summed E-state index contributed by atoms with van der Waals surface area (Å²) in [6.45, 7) is 3.92. The van der Waals surface area contributed by atoms with Crippen molar-refractivity contribution in [2.24, 2.45) is 0 Å². The van der Waals surface area contributed by atoms with E-state index in [2.05, 4.69) is 30.1 Å². The van der Waals surface area contributed by atoms with Crippen LogP contribution in [0.5, 0.6) is 0 Å². The molecule has 25 heavy (non-hydrogen) atoms. The predicted octanol–water partition coefficient (Wildman–Crippen LogP) is 2.11. The molecule has 0 aliphatic heterocycles. The van der Waals surface area contributed by atoms with E-state index in [9.17, 15) is 0 Å². The first-order valence-electron chi connectivity index (χ1n) is 7.49. The van der Waals surface area contributed by atoms with Crippen LogP contribution in [0, 0.1) is 6.92 Å². The van der Waals surface area contributed by atoms with E-state index in [0.717, 1.165) is 10.7 Å². The number of nitrogens with zero attached hydrogens (tertiary/aromatic N) is 7. The zero-order valence-corrected chi connectivity index (χ0v) is 15.9. The molecule has 0 aromatic carbocycles. The summed E-state index contributed by atoms with van der Waals surface area (Å²) in [5.41, 5.74) is 6.69. The zero-order chi connectivity index (χ0) is 18.0. The van der Waals surface area contributed by atoms with Gasteiger partial charge in [-0.15, -0.1) is 21.5 Å². The molecule has 9 nitrogen and oxygen atoms in total. The average molecular weight is 378 g/mol. The molecule has 0 fully saturated rings. The Kier molecular flexibility index (Phi) is 5.13. The third kappa shape index (κ3) is 4.42. The van der Waals surface area contributed by atoms with E-state index in [1.165, 1.54) is 11.8 Å². The molecular formula is C14H18N8OS2. The van der Waals surface area contributed by atoms with Gasteiger partial charge in [-0.05, 0) is 13.8 Å². The van der Waals surface area contributed by atoms with Gasteiger partial charge in [0, 0.05) is 19.5 Å². The first-order chi connectivity index (χ1) is 11.9. The fraction of sp³-hybridized carbons (Fsp3) is 0.429. The van der Waals surface area contributed by atoms with E-state index in [-0.39, 0.29) is 11.2 Å². The standard InChI is InChI=1S/C14H18N8OS2/c1-7(11-17-12(15)19-13(18-11)22(3)4)25-14-21-20-10(23-14)5-9-6-24-8(2)16-9/h6-7H,5H2,1-4H3,(H2,15,17,18,19). The zero-order valence-electron chi connectivity index (χ0n) is 14.3. The minimum absolute atomic E-state index is 0.112. The van der Waals surface area contributed by atoms with Crippen LogP contribution in [-0.4, -0.2) is 44.2 Å². The van der Waals surface area contributed by atoms with Crippen molar-refractivity contribution >= 4 is 35.0 Å². The molecule has 0 spiro atoms. The highest BCUT2D eigenvalue weighted by Crippen LogP contribution is 2.33. The fourth-order valence-electron chi connectivity index (χ4n) is 1.98. The molecular weight excluding hydrogens is 360 g/mol. The van der Waals surface area contributed by atoms with Crippen LogP contribution in [0.25, 0.3) is 0 Å². The van der Waals surface area contributed by atoms with Crippen LogP contribution in [0.4, 0.5) is 11.9 Å². The monoisotopic (exact) mass is 378 g/mol. The first-order valence-corrected chi connectivity index (χ1v) is 9.25. The highest BCUT2D eigenvalue weighted by molar-refractivity contribution is 7.99. The molecule has 0 saturated carbocycles. The number of aromatic nitrogens is 6. The summed E-state index contributed by atoms with van der Waals surface area (Å²) >= 11 is 2.98. The molecule has 0 aliphatic carbocycles. The second-order valence-electron chi connectivity index (χ2n) is 5.50. The molecule has 1 unspecified atom stereocenters. The van der Waals surface area contributed by atoms with Gasteiger partial charge in [0.15, 0.2) is 0 Å². The predicted molar refractivity (Wildman–Crippen MR) is 96.8 cm³/mol. The number of thiazole rings is 1. The van der Waals surface area contributed by atoms with Crippen molar-refractivity contribution in [3.63, 3.8) is 0 Å². The normalized spacial score (nSPS) is 12.3. The van der Waals surface area contributed by atoms with Crippen molar-refractivity contribution in [3.05, 3.63) is 27.8 Å². The van der Waals surface area contributed by atoms with Gasteiger partial charge in [-0.1, -0.05) is 11.8 Å². The molecule has 3 aromatic rings. The Labute approximate surface area is 153 Å². The minimum atomic E-state index is -0.112. The molecule has 11 heteroatoms. The summed E-state index contributed by atoms with van der Waals surface area (Å²) in [5, 5.41) is 11.5. The van der Waals surface area contributed by atoms with Crippen LogP contribution in [0.2, 0.25) is 0 Å². The van der Waals surface area contributed by atoms with Gasteiger partial charge in [0.2, 0.25) is 17.8 Å². The average Bonchev–Trinajstić information content (AvgIpc) is 3.16. The molecule has 3 heterocycles. The lowest BCUT2D eigenvalue weighted by molar-refractivity contribution is 0.418. The minimum Gasteiger partial charge on any atom is -0.416 e. The smallest absolute Gasteiger partial charge is 0.277 e. The van der Waals surface area contributed by atoms with Crippen LogP contribution < -0.4 is 10.6 Å². The second-order valence-corrected chi connectivity index (χ2v) is 7.86. The second kappa shape index (κ2) is 7.31. The maximum absolute atomic E-state index is 5.76. The number of thioether (sulfide) groups is 1. The highest BCUT2D eigenvalue weighted by Gasteiger charge is 2.18. The molecule has 0 radical (unpaired) electrons. The van der Waals surface area contributed by atoms with Gasteiger partial charge in [-0.3, -0.25) is 0 Å². The maximum atomic E-state index is 5.76. The lowest BCUT2D eigenvalue weighted by Crippen LogP contribution is -2.16. The van der Waals surface area contributed by atoms with E-state index >= 15 is 0 Å². The number of aryl methyl sites for hydroxylation is 1. The summed E-state index contributed by atoms with van der Waals surface area (Å²) in [7, 11) is 3.70. The van der Waals surface area contributed by atoms with Crippen LogP contribution in [0.3, 0.4) is 0 Å². The highest BCUT2D eigenvalue weighted by atomic mass is 32.2. The summed E-state index contributed by atoms with van der Waals surface area (Å²) < 4.78 is 5.69. The topological polar surface area (TPSA) is 120 Å². The van der Waals surface area contributed by atoms with Crippen LogP contribution in [0.15, 0.2) is 15.0 Å². The van der Waals surface area contributed by atoms with Gasteiger partial charge >= 0.3 is 0 Å². The molecule has 3 aromatic heterocycles. The first kappa shape index (κ1) is 17.5. The number of hydrogen-bond donors (Lipinski definition) is 1. The van der Waals surface area contributed by atoms with Crippen molar-refractivity contribution in [2.45, 2.75) is 30.7 Å². The molecule has 0 aliphatic rings. The van der Waals surface area contributed by atoms with Gasteiger partial charge in [-0.2, -0.15) is 15.0 Å². The third-order valence-corrected chi connectivity index (χ3v) is 4.90. The van der Waals surface area contributed by atoms with Crippen molar-refractivity contribution in [2.75, 3.05) is 24.7 Å². The van der Waals surface area contributed by atoms with E-state index in [0.29, 0.717) is 29.3 Å². The maximum Gasteiger partial charge on any atom is 0.277 e. The van der Waals surface area contributed by atoms with Crippen LogP contribution in [0.1, 0.15) is 34.6 Å². The van der Waals surface area contributed by atoms with E-state index in [1.54, 1.807) is 16.2 Å². The van der Waals surface area contributed by atoms with Gasteiger partial charge < -0.3 is 15.1 Å². The number of nitrogen functional groups attached to an aromatic ring is 1. The van der Waals surface area contributed by atoms with Crippen LogP contribution >= 0.6 is 23.1 Å². The Balaban J connectivity index is 1.70. The number of hydrogen-bond acceptors (Lipinski definition) is 11. The molecule has 3 rings (SSSR count). The van der Waals surface area contributed by atoms with E-state index < -0.39 is 0 Å². The molecule has 0 amide bonds. The Morgan fingerprint density at radius 3 is 2.72 bits per heavy atom. The summed E-state index contributed by atoms with van der Waals surface area (Å²) in [4.78, 5) is 18.9. The third-order valence-electron chi connectivity index (χ3n) is 3.15. The fourth-order valence-corrected chi connectivity index (χ4v) is 3.34.